The number of carbonyl (C=O) groups excluding carboxylic acids is 2. The van der Waals surface area contributed by atoms with E-state index in [1.165, 1.54) is 21.8 Å². The number of anilines is 2. The van der Waals surface area contributed by atoms with Crippen molar-refractivity contribution in [2.75, 3.05) is 10.3 Å². The number of benzene rings is 2. The van der Waals surface area contributed by atoms with Crippen LogP contribution in [0.4, 0.5) is 11.4 Å². The van der Waals surface area contributed by atoms with Gasteiger partial charge in [-0.2, -0.15) is 0 Å². The SMILES string of the molecule is CC1CCCC(n2ccc(-c3cc(Cl)ccc3N(N)/C=C(\N)Cl)cc2=O)C(=O)NCc2ccccc2NC1=O. The number of para-hydroxylation sites is 1. The van der Waals surface area contributed by atoms with Crippen molar-refractivity contribution >= 4 is 46.4 Å². The zero-order chi connectivity index (χ0) is 28.1. The van der Waals surface area contributed by atoms with Crippen LogP contribution < -0.4 is 32.8 Å². The van der Waals surface area contributed by atoms with Gasteiger partial charge in [0.15, 0.2) is 0 Å². The molecule has 3 aromatic rings. The molecule has 0 aliphatic carbocycles. The van der Waals surface area contributed by atoms with Crippen LogP contribution in [-0.4, -0.2) is 16.4 Å². The summed E-state index contributed by atoms with van der Waals surface area (Å²) in [5.74, 6) is 5.50. The molecule has 9 nitrogen and oxygen atoms in total. The highest BCUT2D eigenvalue weighted by molar-refractivity contribution is 6.31. The van der Waals surface area contributed by atoms with Gasteiger partial charge in [0.05, 0.1) is 11.9 Å². The highest BCUT2D eigenvalue weighted by Crippen LogP contribution is 2.32. The molecule has 0 radical (unpaired) electrons. The molecular weight excluding hydrogens is 539 g/mol. The zero-order valence-corrected chi connectivity index (χ0v) is 22.9. The van der Waals surface area contributed by atoms with Gasteiger partial charge in [-0.1, -0.05) is 54.7 Å². The zero-order valence-electron chi connectivity index (χ0n) is 21.4. The largest absolute Gasteiger partial charge is 0.388 e. The Morgan fingerprint density at radius 2 is 1.85 bits per heavy atom. The van der Waals surface area contributed by atoms with E-state index in [2.05, 4.69) is 10.6 Å². The van der Waals surface area contributed by atoms with Crippen molar-refractivity contribution in [2.24, 2.45) is 17.5 Å². The summed E-state index contributed by atoms with van der Waals surface area (Å²) in [6.45, 7) is 2.07. The molecule has 4 rings (SSSR count). The van der Waals surface area contributed by atoms with Gasteiger partial charge in [0.2, 0.25) is 11.8 Å². The number of hydrogen-bond acceptors (Lipinski definition) is 6. The Morgan fingerprint density at radius 1 is 1.08 bits per heavy atom. The van der Waals surface area contributed by atoms with Gasteiger partial charge < -0.3 is 20.9 Å². The standard InChI is InChI=1S/C28H30Cl2N6O3/c1-17-5-4-8-24(28(39)33-15-19-6-2-3-7-22(19)34-27(17)38)35-12-11-18(13-26(35)37)21-14-20(29)9-10-23(21)36(32)16-25(30)31/h2-3,6-7,9-14,16-17,24H,4-5,8,15,31-32H2,1H3,(H,33,39)(H,34,38)/b25-16-. The first-order valence-electron chi connectivity index (χ1n) is 12.5. The number of pyridine rings is 1. The summed E-state index contributed by atoms with van der Waals surface area (Å²) in [5.41, 5.74) is 8.29. The lowest BCUT2D eigenvalue weighted by atomic mass is 9.98. The second-order valence-electron chi connectivity index (χ2n) is 9.46. The number of aromatic nitrogens is 1. The van der Waals surface area contributed by atoms with Crippen molar-refractivity contribution in [2.45, 2.75) is 38.8 Å². The first-order chi connectivity index (χ1) is 18.6. The molecule has 2 amide bonds. The van der Waals surface area contributed by atoms with E-state index in [4.69, 9.17) is 34.8 Å². The molecule has 1 aliphatic heterocycles. The van der Waals surface area contributed by atoms with Crippen LogP contribution in [0.5, 0.6) is 0 Å². The number of amides is 2. The Bertz CT molecular complexity index is 1470. The lowest BCUT2D eigenvalue weighted by Crippen LogP contribution is -2.37. The first kappa shape index (κ1) is 28.2. The number of nitrogens with two attached hydrogens (primary N) is 2. The van der Waals surface area contributed by atoms with Crippen LogP contribution in [0, 0.1) is 5.92 Å². The third-order valence-corrected chi connectivity index (χ3v) is 7.02. The lowest BCUT2D eigenvalue weighted by molar-refractivity contribution is -0.124. The van der Waals surface area contributed by atoms with Crippen molar-refractivity contribution in [3.63, 3.8) is 0 Å². The summed E-state index contributed by atoms with van der Waals surface area (Å²) < 4.78 is 1.42. The van der Waals surface area contributed by atoms with E-state index in [0.29, 0.717) is 46.8 Å². The van der Waals surface area contributed by atoms with Crippen LogP contribution in [0.2, 0.25) is 5.02 Å². The second kappa shape index (κ2) is 12.4. The molecular formula is C28H30Cl2N6O3. The van der Waals surface area contributed by atoms with Crippen LogP contribution in [0.3, 0.4) is 0 Å². The van der Waals surface area contributed by atoms with Gasteiger partial charge in [0.25, 0.3) is 5.56 Å². The number of fused-ring (bicyclic) bond motifs is 1. The number of nitrogens with one attached hydrogen (secondary N) is 2. The van der Waals surface area contributed by atoms with Gasteiger partial charge in [-0.15, -0.1) is 0 Å². The van der Waals surface area contributed by atoms with E-state index in [1.54, 1.807) is 30.5 Å². The van der Waals surface area contributed by atoms with Crippen LogP contribution in [0.25, 0.3) is 11.1 Å². The number of nitrogens with zero attached hydrogens (tertiary/aromatic N) is 2. The molecule has 0 spiro atoms. The lowest BCUT2D eigenvalue weighted by Gasteiger charge is -2.23. The van der Waals surface area contributed by atoms with Gasteiger partial charge in [-0.05, 0) is 54.3 Å². The average Bonchev–Trinajstić information content (AvgIpc) is 2.89. The number of hydrazine groups is 1. The summed E-state index contributed by atoms with van der Waals surface area (Å²) in [6, 6.07) is 14.8. The summed E-state index contributed by atoms with van der Waals surface area (Å²) in [4.78, 5) is 39.4. The summed E-state index contributed by atoms with van der Waals surface area (Å²) in [5, 5.41) is 7.57. The van der Waals surface area contributed by atoms with Crippen molar-refractivity contribution in [3.8, 4) is 11.1 Å². The molecule has 2 atom stereocenters. The van der Waals surface area contributed by atoms with E-state index >= 15 is 0 Å². The minimum Gasteiger partial charge on any atom is -0.388 e. The maximum absolute atomic E-state index is 13.4. The molecule has 39 heavy (non-hydrogen) atoms. The molecule has 0 saturated heterocycles. The van der Waals surface area contributed by atoms with Crippen LogP contribution in [0.1, 0.15) is 37.8 Å². The fourth-order valence-corrected chi connectivity index (χ4v) is 4.86. The maximum atomic E-state index is 13.4. The van der Waals surface area contributed by atoms with Gasteiger partial charge >= 0.3 is 0 Å². The molecule has 2 unspecified atom stereocenters. The quantitative estimate of drug-likeness (QED) is 0.208. The third-order valence-electron chi connectivity index (χ3n) is 6.69. The van der Waals surface area contributed by atoms with Crippen LogP contribution in [0.15, 0.2) is 76.9 Å². The van der Waals surface area contributed by atoms with Gasteiger partial charge in [0.1, 0.15) is 11.2 Å². The number of rotatable bonds is 4. The number of hydrogen-bond donors (Lipinski definition) is 4. The fraction of sp³-hybridized carbons (Fsp3) is 0.250. The Morgan fingerprint density at radius 3 is 2.59 bits per heavy atom. The van der Waals surface area contributed by atoms with Gasteiger partial charge in [-0.25, -0.2) is 5.84 Å². The highest BCUT2D eigenvalue weighted by atomic mass is 35.5. The molecule has 0 saturated carbocycles. The predicted octanol–water partition coefficient (Wildman–Crippen LogP) is 4.46. The third kappa shape index (κ3) is 6.81. The fourth-order valence-electron chi connectivity index (χ4n) is 4.58. The van der Waals surface area contributed by atoms with E-state index in [0.717, 1.165) is 5.56 Å². The Kier molecular flexibility index (Phi) is 8.96. The molecule has 2 aromatic carbocycles. The summed E-state index contributed by atoms with van der Waals surface area (Å²) in [7, 11) is 0. The average molecular weight is 569 g/mol. The van der Waals surface area contributed by atoms with Gasteiger partial charge in [0, 0.05) is 41.0 Å². The number of halogens is 2. The minimum atomic E-state index is -0.753. The van der Waals surface area contributed by atoms with Crippen molar-refractivity contribution in [1.29, 1.82) is 0 Å². The maximum Gasteiger partial charge on any atom is 0.251 e. The van der Waals surface area contributed by atoms with E-state index in [-0.39, 0.29) is 35.0 Å². The molecule has 11 heteroatoms. The first-order valence-corrected chi connectivity index (χ1v) is 13.2. The van der Waals surface area contributed by atoms with Crippen molar-refractivity contribution < 1.29 is 9.59 Å². The van der Waals surface area contributed by atoms with Crippen LogP contribution in [-0.2, 0) is 16.1 Å². The Balaban J connectivity index is 1.68. The number of carbonyl (C=O) groups is 2. The Hall–Kier alpha value is -3.79. The molecule has 6 N–H and O–H groups in total. The topological polar surface area (TPSA) is 135 Å². The van der Waals surface area contributed by atoms with E-state index < -0.39 is 6.04 Å². The molecule has 0 bridgehead atoms. The molecule has 204 valence electrons. The van der Waals surface area contributed by atoms with Crippen molar-refractivity contribution in [3.05, 3.63) is 93.1 Å². The molecule has 0 fully saturated rings. The highest BCUT2D eigenvalue weighted by Gasteiger charge is 2.24. The molecule has 1 aliphatic rings. The second-order valence-corrected chi connectivity index (χ2v) is 10.3. The minimum absolute atomic E-state index is 0.0169. The van der Waals surface area contributed by atoms with Crippen molar-refractivity contribution in [1.82, 2.24) is 9.88 Å². The molecule has 1 aromatic heterocycles. The van der Waals surface area contributed by atoms with Gasteiger partial charge in [-0.3, -0.25) is 19.4 Å². The molecule has 2 heterocycles. The monoisotopic (exact) mass is 568 g/mol. The summed E-state index contributed by atoms with van der Waals surface area (Å²) in [6.07, 6.45) is 4.47. The smallest absolute Gasteiger partial charge is 0.251 e. The summed E-state index contributed by atoms with van der Waals surface area (Å²) >= 11 is 12.0. The normalized spacial score (nSPS) is 18.7. The van der Waals surface area contributed by atoms with E-state index in [1.807, 2.05) is 31.2 Å². The van der Waals surface area contributed by atoms with Crippen LogP contribution >= 0.6 is 23.2 Å². The van der Waals surface area contributed by atoms with E-state index in [9.17, 15) is 14.4 Å². The Labute approximate surface area is 236 Å². The predicted molar refractivity (Wildman–Crippen MR) is 155 cm³/mol.